The third-order valence-corrected chi connectivity index (χ3v) is 4.75. The van der Waals surface area contributed by atoms with E-state index in [1.807, 2.05) is 0 Å². The number of hydrogen-bond acceptors (Lipinski definition) is 4. The Bertz CT molecular complexity index is 266. The second-order valence-corrected chi connectivity index (χ2v) is 6.30. The Hall–Kier alpha value is -0.160. The van der Waals surface area contributed by atoms with Crippen molar-refractivity contribution in [1.82, 2.24) is 15.1 Å². The summed E-state index contributed by atoms with van der Waals surface area (Å²) < 4.78 is 5.69. The van der Waals surface area contributed by atoms with E-state index in [1.165, 1.54) is 39.1 Å². The van der Waals surface area contributed by atoms with Gasteiger partial charge >= 0.3 is 0 Å². The minimum atomic E-state index is 0.351. The molecule has 0 aliphatic carbocycles. The van der Waals surface area contributed by atoms with E-state index >= 15 is 0 Å². The summed E-state index contributed by atoms with van der Waals surface area (Å²) >= 11 is 0. The maximum atomic E-state index is 5.69. The van der Waals surface area contributed by atoms with E-state index in [0.29, 0.717) is 11.5 Å². The molecule has 2 rings (SSSR count). The SMILES string of the molecule is CCNCC1(CN2CCN(CC)C(C)C2)CCOC1. The molecular weight excluding hydrogens is 238 g/mol. The van der Waals surface area contributed by atoms with Crippen molar-refractivity contribution >= 4 is 0 Å². The number of piperazine rings is 1. The number of nitrogens with zero attached hydrogens (tertiary/aromatic N) is 2. The molecule has 0 saturated carbocycles. The fraction of sp³-hybridized carbons (Fsp3) is 1.00. The van der Waals surface area contributed by atoms with Crippen LogP contribution in [0.4, 0.5) is 0 Å². The van der Waals surface area contributed by atoms with Gasteiger partial charge < -0.3 is 10.1 Å². The second kappa shape index (κ2) is 7.02. The highest BCUT2D eigenvalue weighted by Gasteiger charge is 2.37. The van der Waals surface area contributed by atoms with Crippen LogP contribution in [0.3, 0.4) is 0 Å². The molecule has 2 heterocycles. The Morgan fingerprint density at radius 1 is 1.32 bits per heavy atom. The van der Waals surface area contributed by atoms with E-state index < -0.39 is 0 Å². The smallest absolute Gasteiger partial charge is 0.0547 e. The van der Waals surface area contributed by atoms with Crippen LogP contribution in [-0.2, 0) is 4.74 Å². The van der Waals surface area contributed by atoms with Gasteiger partial charge in [0.2, 0.25) is 0 Å². The van der Waals surface area contributed by atoms with Gasteiger partial charge in [-0.15, -0.1) is 0 Å². The van der Waals surface area contributed by atoms with Gasteiger partial charge in [0.05, 0.1) is 6.61 Å². The molecule has 0 aromatic heterocycles. The first-order valence-electron chi connectivity index (χ1n) is 7.94. The van der Waals surface area contributed by atoms with Crippen molar-refractivity contribution in [2.24, 2.45) is 5.41 Å². The van der Waals surface area contributed by atoms with Gasteiger partial charge in [-0.2, -0.15) is 0 Å². The molecule has 2 unspecified atom stereocenters. The first-order valence-corrected chi connectivity index (χ1v) is 7.94. The Morgan fingerprint density at radius 2 is 2.16 bits per heavy atom. The molecule has 19 heavy (non-hydrogen) atoms. The van der Waals surface area contributed by atoms with Gasteiger partial charge in [0.1, 0.15) is 0 Å². The molecule has 0 spiro atoms. The summed E-state index contributed by atoms with van der Waals surface area (Å²) in [7, 11) is 0. The minimum Gasteiger partial charge on any atom is -0.381 e. The zero-order valence-electron chi connectivity index (χ0n) is 13.0. The summed E-state index contributed by atoms with van der Waals surface area (Å²) in [6.45, 7) is 16.9. The molecule has 0 amide bonds. The maximum absolute atomic E-state index is 5.69. The lowest BCUT2D eigenvalue weighted by molar-refractivity contribution is 0.0468. The Balaban J connectivity index is 1.87. The van der Waals surface area contributed by atoms with Crippen LogP contribution in [-0.4, -0.2) is 74.9 Å². The average molecular weight is 269 g/mol. The normalized spacial score (nSPS) is 33.9. The van der Waals surface area contributed by atoms with Crippen molar-refractivity contribution in [3.63, 3.8) is 0 Å². The van der Waals surface area contributed by atoms with Crippen molar-refractivity contribution in [3.8, 4) is 0 Å². The molecule has 1 N–H and O–H groups in total. The maximum Gasteiger partial charge on any atom is 0.0547 e. The van der Waals surface area contributed by atoms with Crippen LogP contribution in [0.5, 0.6) is 0 Å². The van der Waals surface area contributed by atoms with E-state index in [9.17, 15) is 0 Å². The van der Waals surface area contributed by atoms with E-state index in [2.05, 4.69) is 35.9 Å². The zero-order chi connectivity index (χ0) is 13.7. The second-order valence-electron chi connectivity index (χ2n) is 6.30. The van der Waals surface area contributed by atoms with Gasteiger partial charge in [-0.05, 0) is 26.4 Å². The molecule has 2 aliphatic rings. The molecule has 4 heteroatoms. The summed E-state index contributed by atoms with van der Waals surface area (Å²) in [6, 6.07) is 0.692. The minimum absolute atomic E-state index is 0.351. The van der Waals surface area contributed by atoms with Gasteiger partial charge in [-0.1, -0.05) is 13.8 Å². The molecule has 2 saturated heterocycles. The average Bonchev–Trinajstić information content (AvgIpc) is 2.86. The molecule has 4 nitrogen and oxygen atoms in total. The molecule has 2 atom stereocenters. The van der Waals surface area contributed by atoms with Gasteiger partial charge in [0.15, 0.2) is 0 Å². The lowest BCUT2D eigenvalue weighted by Crippen LogP contribution is -2.55. The number of hydrogen-bond donors (Lipinski definition) is 1. The fourth-order valence-corrected chi connectivity index (χ4v) is 3.52. The van der Waals surface area contributed by atoms with Crippen LogP contribution in [0.1, 0.15) is 27.2 Å². The largest absolute Gasteiger partial charge is 0.381 e. The van der Waals surface area contributed by atoms with E-state index in [0.717, 1.165) is 26.3 Å². The first kappa shape index (κ1) is 15.2. The number of ether oxygens (including phenoxy) is 1. The zero-order valence-corrected chi connectivity index (χ0v) is 13.0. The van der Waals surface area contributed by atoms with Crippen LogP contribution in [0.15, 0.2) is 0 Å². The molecule has 0 radical (unpaired) electrons. The number of likely N-dealkylation sites (N-methyl/N-ethyl adjacent to an activating group) is 1. The van der Waals surface area contributed by atoms with Crippen molar-refractivity contribution in [3.05, 3.63) is 0 Å². The topological polar surface area (TPSA) is 27.7 Å². The third kappa shape index (κ3) is 3.91. The van der Waals surface area contributed by atoms with Crippen molar-refractivity contribution in [2.45, 2.75) is 33.2 Å². The lowest BCUT2D eigenvalue weighted by Gasteiger charge is -2.43. The van der Waals surface area contributed by atoms with Crippen LogP contribution < -0.4 is 5.32 Å². The number of nitrogens with one attached hydrogen (secondary N) is 1. The lowest BCUT2D eigenvalue weighted by atomic mass is 9.86. The summed E-state index contributed by atoms with van der Waals surface area (Å²) in [6.07, 6.45) is 1.21. The standard InChI is InChI=1S/C15H31N3O/c1-4-16-11-15(6-9-19-13-15)12-17-7-8-18(5-2)14(3)10-17/h14,16H,4-13H2,1-3H3. The Labute approximate surface area is 118 Å². The van der Waals surface area contributed by atoms with Crippen molar-refractivity contribution in [1.29, 1.82) is 0 Å². The molecule has 0 bridgehead atoms. The first-order chi connectivity index (χ1) is 9.19. The van der Waals surface area contributed by atoms with E-state index in [1.54, 1.807) is 0 Å². The fourth-order valence-electron chi connectivity index (χ4n) is 3.52. The van der Waals surface area contributed by atoms with Crippen LogP contribution >= 0.6 is 0 Å². The number of rotatable bonds is 6. The Morgan fingerprint density at radius 3 is 2.74 bits per heavy atom. The van der Waals surface area contributed by atoms with E-state index in [4.69, 9.17) is 4.74 Å². The van der Waals surface area contributed by atoms with Crippen LogP contribution in [0, 0.1) is 5.41 Å². The van der Waals surface area contributed by atoms with E-state index in [-0.39, 0.29) is 0 Å². The van der Waals surface area contributed by atoms with Crippen LogP contribution in [0.25, 0.3) is 0 Å². The molecule has 0 aromatic carbocycles. The highest BCUT2D eigenvalue weighted by molar-refractivity contribution is 4.90. The molecule has 2 fully saturated rings. The summed E-state index contributed by atoms with van der Waals surface area (Å²) in [5.41, 5.74) is 0.351. The van der Waals surface area contributed by atoms with Gasteiger partial charge in [-0.3, -0.25) is 9.80 Å². The highest BCUT2D eigenvalue weighted by Crippen LogP contribution is 2.30. The van der Waals surface area contributed by atoms with Crippen molar-refractivity contribution < 1.29 is 4.74 Å². The quantitative estimate of drug-likeness (QED) is 0.779. The molecule has 112 valence electrons. The van der Waals surface area contributed by atoms with Crippen LogP contribution in [0.2, 0.25) is 0 Å². The molecular formula is C15H31N3O. The monoisotopic (exact) mass is 269 g/mol. The summed E-state index contributed by atoms with van der Waals surface area (Å²) in [5.74, 6) is 0. The predicted octanol–water partition coefficient (Wildman–Crippen LogP) is 1.03. The Kier molecular flexibility index (Phi) is 5.63. The summed E-state index contributed by atoms with van der Waals surface area (Å²) in [4.78, 5) is 5.24. The predicted molar refractivity (Wildman–Crippen MR) is 79.6 cm³/mol. The van der Waals surface area contributed by atoms with Crippen molar-refractivity contribution in [2.75, 3.05) is 59.0 Å². The summed E-state index contributed by atoms with van der Waals surface area (Å²) in [5, 5.41) is 3.53. The highest BCUT2D eigenvalue weighted by atomic mass is 16.5. The van der Waals surface area contributed by atoms with Gasteiger partial charge in [-0.25, -0.2) is 0 Å². The molecule has 2 aliphatic heterocycles. The van der Waals surface area contributed by atoms with Gasteiger partial charge in [0, 0.05) is 50.8 Å². The molecule has 0 aromatic rings. The third-order valence-electron chi connectivity index (χ3n) is 4.75. The van der Waals surface area contributed by atoms with Gasteiger partial charge in [0.25, 0.3) is 0 Å².